The normalized spacial score (nSPS) is 13.7. The molecular weight excluding hydrogens is 1100 g/mol. The summed E-state index contributed by atoms with van der Waals surface area (Å²) in [5, 5.41) is 8.29. The van der Waals surface area contributed by atoms with Crippen LogP contribution in [-0.2, 0) is 10.8 Å². The third-order valence-corrected chi connectivity index (χ3v) is 20.4. The molecule has 5 nitrogen and oxygen atoms in total. The molecule has 0 saturated carbocycles. The van der Waals surface area contributed by atoms with Gasteiger partial charge in [0.2, 0.25) is 0 Å². The van der Waals surface area contributed by atoms with E-state index in [1.165, 1.54) is 110 Å². The summed E-state index contributed by atoms with van der Waals surface area (Å²) >= 11 is 0. The molecule has 0 radical (unpaired) electrons. The third-order valence-electron chi connectivity index (χ3n) is 20.4. The number of rotatable bonds is 7. The van der Waals surface area contributed by atoms with Gasteiger partial charge in [-0.3, -0.25) is 0 Å². The highest BCUT2D eigenvalue weighted by atomic mass is 15.0. The van der Waals surface area contributed by atoms with Gasteiger partial charge in [-0.25, -0.2) is 9.97 Å². The summed E-state index contributed by atoms with van der Waals surface area (Å²) in [6.07, 6.45) is 0. The van der Waals surface area contributed by atoms with Crippen LogP contribution in [0.4, 0.5) is 0 Å². The molecule has 0 unspecified atom stereocenters. The molecule has 17 aromatic rings. The fourth-order valence-electron chi connectivity index (χ4n) is 16.0. The zero-order valence-electron chi connectivity index (χ0n) is 50.9. The molecule has 0 spiro atoms. The van der Waals surface area contributed by atoms with Gasteiger partial charge in [0.15, 0.2) is 5.82 Å². The molecule has 4 aromatic heterocycles. The molecule has 4 heterocycles. The van der Waals surface area contributed by atoms with E-state index in [4.69, 9.17) is 9.97 Å². The lowest BCUT2D eigenvalue weighted by atomic mass is 9.82. The van der Waals surface area contributed by atoms with Crippen molar-refractivity contribution in [2.75, 3.05) is 0 Å². The molecular formula is C86H59N5. The van der Waals surface area contributed by atoms with Crippen molar-refractivity contribution < 1.29 is 0 Å². The minimum absolute atomic E-state index is 0.127. The average Bonchev–Trinajstić information content (AvgIpc) is 1.64. The Morgan fingerprint density at radius 3 is 1.18 bits per heavy atom. The van der Waals surface area contributed by atoms with Gasteiger partial charge in [-0.05, 0) is 158 Å². The molecule has 0 aliphatic heterocycles. The van der Waals surface area contributed by atoms with Crippen molar-refractivity contribution in [3.8, 4) is 84.2 Å². The maximum atomic E-state index is 5.34. The fourth-order valence-corrected chi connectivity index (χ4v) is 16.0. The van der Waals surface area contributed by atoms with Gasteiger partial charge in [0, 0.05) is 76.7 Å². The summed E-state index contributed by atoms with van der Waals surface area (Å²) in [6.45, 7) is 9.48. The highest BCUT2D eigenvalue weighted by Gasteiger charge is 2.37. The van der Waals surface area contributed by atoms with Crippen LogP contribution in [0.3, 0.4) is 0 Å². The Bertz CT molecular complexity index is 5670. The Balaban J connectivity index is 0.808. The first-order valence-corrected chi connectivity index (χ1v) is 31.7. The van der Waals surface area contributed by atoms with Gasteiger partial charge < -0.3 is 13.7 Å². The molecule has 0 atom stereocenters. The van der Waals surface area contributed by atoms with Crippen molar-refractivity contribution in [1.29, 1.82) is 0 Å². The van der Waals surface area contributed by atoms with Gasteiger partial charge in [-0.1, -0.05) is 222 Å². The van der Waals surface area contributed by atoms with Crippen LogP contribution in [0.1, 0.15) is 49.9 Å². The molecule has 0 saturated heterocycles. The van der Waals surface area contributed by atoms with Crippen molar-refractivity contribution in [2.24, 2.45) is 0 Å². The number of fused-ring (bicyclic) bond motifs is 16. The van der Waals surface area contributed by atoms with Crippen molar-refractivity contribution in [3.63, 3.8) is 0 Å². The van der Waals surface area contributed by atoms with E-state index in [0.29, 0.717) is 5.82 Å². The number of benzene rings is 13. The van der Waals surface area contributed by atoms with Gasteiger partial charge in [-0.15, -0.1) is 0 Å². The van der Waals surface area contributed by atoms with Crippen LogP contribution in [0.25, 0.3) is 161 Å². The minimum atomic E-state index is -0.127. The standard InChI is InChI=1S/C86H59N5/c1-85(2)72-27-15-11-23-61(72)63-40-35-59(50-74(63)85)90-77-29-17-13-25-65(77)67-38-31-56(47-81(67)90)54-33-43-79-69(45-54)70-46-55(34-44-80(70)89(79)58-37-42-76-71(49-58)83(52-19-7-5-8-20-52)88-84(87-76)53-21-9-6-10-22-53)57-32-39-68-66-26-14-18-30-78(66)91(82(68)48-57)60-36-41-64-62-24-12-16-28-73(62)86(3,4)75(64)51-60/h5-51H,1-4H3. The zero-order chi connectivity index (χ0) is 60.4. The molecule has 0 amide bonds. The van der Waals surface area contributed by atoms with Crippen LogP contribution in [0.15, 0.2) is 285 Å². The maximum Gasteiger partial charge on any atom is 0.160 e. The monoisotopic (exact) mass is 1160 g/mol. The van der Waals surface area contributed by atoms with E-state index >= 15 is 0 Å². The first-order valence-electron chi connectivity index (χ1n) is 31.7. The minimum Gasteiger partial charge on any atom is -0.309 e. The molecule has 2 aliphatic carbocycles. The summed E-state index contributed by atoms with van der Waals surface area (Å²) in [5.74, 6) is 0.707. The van der Waals surface area contributed by atoms with Crippen LogP contribution in [-0.4, -0.2) is 23.7 Å². The van der Waals surface area contributed by atoms with Gasteiger partial charge >= 0.3 is 0 Å². The van der Waals surface area contributed by atoms with Crippen LogP contribution in [0.5, 0.6) is 0 Å². The summed E-state index contributed by atoms with van der Waals surface area (Å²) in [5.41, 5.74) is 29.4. The fraction of sp³-hybridized carbons (Fsp3) is 0.0698. The number of hydrogen-bond acceptors (Lipinski definition) is 2. The third kappa shape index (κ3) is 7.52. The lowest BCUT2D eigenvalue weighted by molar-refractivity contribution is 0.660. The topological polar surface area (TPSA) is 40.6 Å². The first-order chi connectivity index (χ1) is 44.6. The van der Waals surface area contributed by atoms with E-state index in [-0.39, 0.29) is 10.8 Å². The Morgan fingerprint density at radius 2 is 0.637 bits per heavy atom. The average molecular weight is 1160 g/mol. The van der Waals surface area contributed by atoms with Crippen LogP contribution >= 0.6 is 0 Å². The Labute approximate surface area is 527 Å². The second-order valence-corrected chi connectivity index (χ2v) is 26.1. The summed E-state index contributed by atoms with van der Waals surface area (Å²) in [4.78, 5) is 10.6. The maximum absolute atomic E-state index is 5.34. The number of nitrogens with zero attached hydrogens (tertiary/aromatic N) is 5. The van der Waals surface area contributed by atoms with E-state index in [2.05, 4.69) is 308 Å². The zero-order valence-corrected chi connectivity index (χ0v) is 50.9. The smallest absolute Gasteiger partial charge is 0.160 e. The predicted octanol–water partition coefficient (Wildman–Crippen LogP) is 22.2. The quantitative estimate of drug-likeness (QED) is 0.160. The molecule has 0 fully saturated rings. The van der Waals surface area contributed by atoms with Crippen LogP contribution in [0.2, 0.25) is 0 Å². The SMILES string of the molecule is CC1(C)c2ccccc2-c2ccc(-n3c4ccccc4c4ccc(-c5ccc6c(c5)c5cc(-c7ccc8c9ccccc9n(-c9ccc%10c(c9)C(C)(C)c9ccccc9-%10)c8c7)ccc5n6-c5ccc6nc(-c7ccccc7)nc(-c7ccccc7)c6c5)cc43)cc21. The van der Waals surface area contributed by atoms with E-state index in [1.807, 2.05) is 18.2 Å². The van der Waals surface area contributed by atoms with Gasteiger partial charge in [0.05, 0.1) is 44.3 Å². The second-order valence-electron chi connectivity index (χ2n) is 26.1. The highest BCUT2D eigenvalue weighted by Crippen LogP contribution is 2.52. The molecule has 13 aromatic carbocycles. The Morgan fingerprint density at radius 1 is 0.242 bits per heavy atom. The van der Waals surface area contributed by atoms with Crippen LogP contribution < -0.4 is 0 Å². The largest absolute Gasteiger partial charge is 0.309 e. The first kappa shape index (κ1) is 51.6. The predicted molar refractivity (Wildman–Crippen MR) is 379 cm³/mol. The summed E-state index contributed by atoms with van der Waals surface area (Å²) in [7, 11) is 0. The Hall–Kier alpha value is -11.4. The lowest BCUT2D eigenvalue weighted by Crippen LogP contribution is -2.15. The lowest BCUT2D eigenvalue weighted by Gasteiger charge is -2.22. The number of para-hydroxylation sites is 2. The molecule has 0 bridgehead atoms. The van der Waals surface area contributed by atoms with Gasteiger partial charge in [0.1, 0.15) is 0 Å². The molecule has 2 aliphatic rings. The second kappa shape index (κ2) is 19.1. The number of hydrogen-bond donors (Lipinski definition) is 0. The van der Waals surface area contributed by atoms with Crippen molar-refractivity contribution >= 4 is 76.3 Å². The van der Waals surface area contributed by atoms with E-state index in [9.17, 15) is 0 Å². The molecule has 428 valence electrons. The molecule has 91 heavy (non-hydrogen) atoms. The molecule has 5 heteroatoms. The Kier molecular flexibility index (Phi) is 10.8. The van der Waals surface area contributed by atoms with Crippen molar-refractivity contribution in [3.05, 3.63) is 307 Å². The van der Waals surface area contributed by atoms with E-state index in [1.54, 1.807) is 0 Å². The molecule has 0 N–H and O–H groups in total. The van der Waals surface area contributed by atoms with Crippen molar-refractivity contribution in [2.45, 2.75) is 38.5 Å². The summed E-state index contributed by atoms with van der Waals surface area (Å²) in [6, 6.07) is 106. The number of aromatic nitrogens is 5. The van der Waals surface area contributed by atoms with Crippen molar-refractivity contribution in [1.82, 2.24) is 23.7 Å². The van der Waals surface area contributed by atoms with Gasteiger partial charge in [0.25, 0.3) is 0 Å². The summed E-state index contributed by atoms with van der Waals surface area (Å²) < 4.78 is 7.42. The molecule has 19 rings (SSSR count). The van der Waals surface area contributed by atoms with E-state index in [0.717, 1.165) is 66.7 Å². The van der Waals surface area contributed by atoms with Gasteiger partial charge in [-0.2, -0.15) is 0 Å². The van der Waals surface area contributed by atoms with E-state index < -0.39 is 0 Å². The highest BCUT2D eigenvalue weighted by molar-refractivity contribution is 6.15. The van der Waals surface area contributed by atoms with Crippen LogP contribution in [0, 0.1) is 0 Å².